The largest absolute Gasteiger partial charge is 0.493 e. The third-order valence-electron chi connectivity index (χ3n) is 6.30. The molecule has 0 unspecified atom stereocenters. The molecule has 2 aromatic heterocycles. The van der Waals surface area contributed by atoms with E-state index in [0.717, 1.165) is 42.7 Å². The topological polar surface area (TPSA) is 97.9 Å². The first-order chi connectivity index (χ1) is 16.0. The van der Waals surface area contributed by atoms with Crippen LogP contribution in [0.15, 0.2) is 54.7 Å². The highest BCUT2D eigenvalue weighted by atomic mass is 16.5. The van der Waals surface area contributed by atoms with Gasteiger partial charge in [-0.15, -0.1) is 0 Å². The molecule has 3 N–H and O–H groups in total. The second-order valence-corrected chi connectivity index (χ2v) is 8.42. The summed E-state index contributed by atoms with van der Waals surface area (Å²) in [6.45, 7) is 2.10. The summed E-state index contributed by atoms with van der Waals surface area (Å²) in [6.07, 6.45) is 4.08. The molecule has 1 amide bonds. The summed E-state index contributed by atoms with van der Waals surface area (Å²) in [7, 11) is 3.75. The van der Waals surface area contributed by atoms with E-state index in [1.54, 1.807) is 11.6 Å². The van der Waals surface area contributed by atoms with Crippen molar-refractivity contribution in [2.24, 2.45) is 5.73 Å². The average Bonchev–Trinajstić information content (AvgIpc) is 3.40. The Balaban J connectivity index is 1.47. The first-order valence-corrected chi connectivity index (χ1v) is 11.0. The number of rotatable bonds is 6. The lowest BCUT2D eigenvalue weighted by atomic mass is 9.91. The van der Waals surface area contributed by atoms with E-state index in [1.807, 2.05) is 54.7 Å². The summed E-state index contributed by atoms with van der Waals surface area (Å²) in [6, 6.07) is 14.9. The Hall–Kier alpha value is -3.78. The molecular formula is C25H27N5O3. The Morgan fingerprint density at radius 1 is 1.09 bits per heavy atom. The van der Waals surface area contributed by atoms with Crippen molar-refractivity contribution in [3.8, 4) is 28.5 Å². The summed E-state index contributed by atoms with van der Waals surface area (Å²) in [5, 5.41) is 3.19. The maximum Gasteiger partial charge on any atom is 0.269 e. The fourth-order valence-electron chi connectivity index (χ4n) is 4.50. The van der Waals surface area contributed by atoms with Crippen LogP contribution < -0.4 is 15.2 Å². The number of aromatic nitrogens is 3. The normalized spacial score (nSPS) is 15.1. The van der Waals surface area contributed by atoms with E-state index < -0.39 is 5.91 Å². The SMILES string of the molecule is COc1ccccc1Oc1ccc(-c2nc3c(C4CCN(C)CC4)c[nH]n3c2C(N)=O)cc1. The van der Waals surface area contributed by atoms with Gasteiger partial charge in [0.1, 0.15) is 11.4 Å². The third-order valence-corrected chi connectivity index (χ3v) is 6.30. The number of hydrogen-bond acceptors (Lipinski definition) is 5. The summed E-state index contributed by atoms with van der Waals surface area (Å²) in [5.41, 5.74) is 9.37. The number of methoxy groups -OCH3 is 1. The molecule has 1 fully saturated rings. The second kappa shape index (κ2) is 8.63. The van der Waals surface area contributed by atoms with Gasteiger partial charge in [0.15, 0.2) is 22.8 Å². The predicted molar refractivity (Wildman–Crippen MR) is 126 cm³/mol. The van der Waals surface area contributed by atoms with E-state index in [4.69, 9.17) is 20.2 Å². The fraction of sp³-hybridized carbons (Fsp3) is 0.280. The van der Waals surface area contributed by atoms with Crippen LogP contribution in [-0.2, 0) is 0 Å². The van der Waals surface area contributed by atoms with E-state index in [0.29, 0.717) is 34.6 Å². The summed E-state index contributed by atoms with van der Waals surface area (Å²) < 4.78 is 13.0. The van der Waals surface area contributed by atoms with Gasteiger partial charge >= 0.3 is 0 Å². The van der Waals surface area contributed by atoms with Crippen molar-refractivity contribution in [2.45, 2.75) is 18.8 Å². The highest BCUT2D eigenvalue weighted by Gasteiger charge is 2.26. The molecule has 170 valence electrons. The molecule has 5 rings (SSSR count). The molecule has 33 heavy (non-hydrogen) atoms. The van der Waals surface area contributed by atoms with Crippen molar-refractivity contribution in [2.75, 3.05) is 27.2 Å². The van der Waals surface area contributed by atoms with E-state index in [1.165, 1.54) is 0 Å². The summed E-state index contributed by atoms with van der Waals surface area (Å²) >= 11 is 0. The molecule has 2 aromatic carbocycles. The second-order valence-electron chi connectivity index (χ2n) is 8.42. The minimum Gasteiger partial charge on any atom is -0.493 e. The molecule has 1 aliphatic rings. The molecule has 0 aliphatic carbocycles. The number of H-pyrrole nitrogens is 1. The lowest BCUT2D eigenvalue weighted by Crippen LogP contribution is -2.29. The average molecular weight is 446 g/mol. The number of para-hydroxylation sites is 2. The Kier molecular flexibility index (Phi) is 5.51. The van der Waals surface area contributed by atoms with Crippen LogP contribution in [0.3, 0.4) is 0 Å². The minimum atomic E-state index is -0.524. The first kappa shape index (κ1) is 21.1. The zero-order valence-electron chi connectivity index (χ0n) is 18.7. The van der Waals surface area contributed by atoms with E-state index in [9.17, 15) is 4.79 Å². The molecule has 4 aromatic rings. The van der Waals surface area contributed by atoms with Crippen LogP contribution >= 0.6 is 0 Å². The van der Waals surface area contributed by atoms with E-state index in [2.05, 4.69) is 17.0 Å². The van der Waals surface area contributed by atoms with Gasteiger partial charge in [-0.2, -0.15) is 0 Å². The van der Waals surface area contributed by atoms with Gasteiger partial charge in [-0.05, 0) is 75.3 Å². The molecule has 0 bridgehead atoms. The number of carbonyl (C=O) groups is 1. The fourth-order valence-corrected chi connectivity index (χ4v) is 4.50. The van der Waals surface area contributed by atoms with Crippen molar-refractivity contribution >= 4 is 11.6 Å². The van der Waals surface area contributed by atoms with Crippen molar-refractivity contribution in [3.63, 3.8) is 0 Å². The lowest BCUT2D eigenvalue weighted by Gasteiger charge is -2.28. The van der Waals surface area contributed by atoms with Crippen LogP contribution in [0.1, 0.15) is 34.8 Å². The number of hydrogen-bond donors (Lipinski definition) is 2. The summed E-state index contributed by atoms with van der Waals surface area (Å²) in [4.78, 5) is 19.6. The Bertz CT molecular complexity index is 1280. The number of amides is 1. The zero-order chi connectivity index (χ0) is 22.9. The molecule has 8 nitrogen and oxygen atoms in total. The number of piperidine rings is 1. The van der Waals surface area contributed by atoms with Gasteiger partial charge in [0, 0.05) is 17.3 Å². The van der Waals surface area contributed by atoms with Gasteiger partial charge in [0.25, 0.3) is 5.91 Å². The molecule has 1 saturated heterocycles. The maximum atomic E-state index is 12.4. The number of ether oxygens (including phenoxy) is 2. The highest BCUT2D eigenvalue weighted by Crippen LogP contribution is 2.35. The van der Waals surface area contributed by atoms with Gasteiger partial charge in [-0.3, -0.25) is 9.89 Å². The number of nitrogens with one attached hydrogen (secondary N) is 1. The van der Waals surface area contributed by atoms with Gasteiger partial charge in [0.05, 0.1) is 7.11 Å². The number of likely N-dealkylation sites (tertiary alicyclic amines) is 1. The van der Waals surface area contributed by atoms with Crippen LogP contribution in [0.4, 0.5) is 0 Å². The van der Waals surface area contributed by atoms with E-state index in [-0.39, 0.29) is 0 Å². The molecule has 0 saturated carbocycles. The molecule has 0 atom stereocenters. The van der Waals surface area contributed by atoms with Crippen LogP contribution in [0, 0.1) is 0 Å². The Labute approximate surface area is 191 Å². The monoisotopic (exact) mass is 445 g/mol. The number of benzene rings is 2. The Morgan fingerprint density at radius 3 is 2.45 bits per heavy atom. The van der Waals surface area contributed by atoms with Crippen molar-refractivity contribution in [1.29, 1.82) is 0 Å². The smallest absolute Gasteiger partial charge is 0.269 e. The molecule has 3 heterocycles. The predicted octanol–water partition coefficient (Wildman–Crippen LogP) is 4.04. The van der Waals surface area contributed by atoms with E-state index >= 15 is 0 Å². The van der Waals surface area contributed by atoms with Gasteiger partial charge in [-0.1, -0.05) is 12.1 Å². The minimum absolute atomic E-state index is 0.350. The van der Waals surface area contributed by atoms with Crippen molar-refractivity contribution in [1.82, 2.24) is 19.5 Å². The molecule has 1 aliphatic heterocycles. The summed E-state index contributed by atoms with van der Waals surface area (Å²) in [5.74, 6) is 1.82. The van der Waals surface area contributed by atoms with Gasteiger partial charge < -0.3 is 20.1 Å². The molecular weight excluding hydrogens is 418 g/mol. The number of primary amides is 1. The number of imidazole rings is 1. The Morgan fingerprint density at radius 2 is 1.79 bits per heavy atom. The molecule has 0 spiro atoms. The number of nitrogens with zero attached hydrogens (tertiary/aromatic N) is 3. The molecule has 8 heteroatoms. The van der Waals surface area contributed by atoms with Crippen molar-refractivity contribution in [3.05, 3.63) is 66.0 Å². The number of carbonyl (C=O) groups excluding carboxylic acids is 1. The zero-order valence-corrected chi connectivity index (χ0v) is 18.7. The van der Waals surface area contributed by atoms with Crippen LogP contribution in [0.25, 0.3) is 16.9 Å². The van der Waals surface area contributed by atoms with Gasteiger partial charge in [-0.25, -0.2) is 9.50 Å². The van der Waals surface area contributed by atoms with Crippen LogP contribution in [0.2, 0.25) is 0 Å². The standard InChI is InChI=1S/C25H27N5O3/c1-29-13-11-16(12-14-29)19-15-27-30-23(24(26)31)22(28-25(19)30)17-7-9-18(10-8-17)33-21-6-4-3-5-20(21)32-2/h3-10,15-16,27H,11-14H2,1-2H3,(H2,26,31). The maximum absolute atomic E-state index is 12.4. The van der Waals surface area contributed by atoms with Crippen molar-refractivity contribution < 1.29 is 14.3 Å². The third kappa shape index (κ3) is 3.93. The first-order valence-electron chi connectivity index (χ1n) is 11.0. The number of aromatic amines is 1. The number of nitrogens with two attached hydrogens (primary N) is 1. The van der Waals surface area contributed by atoms with Crippen LogP contribution in [0.5, 0.6) is 17.2 Å². The number of fused-ring (bicyclic) bond motifs is 1. The van der Waals surface area contributed by atoms with Crippen LogP contribution in [-0.4, -0.2) is 52.7 Å². The highest BCUT2D eigenvalue weighted by molar-refractivity contribution is 5.98. The molecule has 0 radical (unpaired) electrons. The van der Waals surface area contributed by atoms with Gasteiger partial charge in [0.2, 0.25) is 0 Å². The quantitative estimate of drug-likeness (QED) is 0.467. The lowest BCUT2D eigenvalue weighted by molar-refractivity contribution is 0.0994.